The average molecular weight is 311 g/mol. The Morgan fingerprint density at radius 2 is 2.17 bits per heavy atom. The molecule has 5 nitrogen and oxygen atoms in total. The molecule has 0 aliphatic rings. The van der Waals surface area contributed by atoms with E-state index in [2.05, 4.69) is 20.9 Å². The second-order valence-corrected chi connectivity index (χ2v) is 4.54. The average Bonchev–Trinajstić information content (AvgIpc) is 2.39. The Balaban J connectivity index is 2.43. The van der Waals surface area contributed by atoms with Gasteiger partial charge in [-0.05, 0) is 33.6 Å². The van der Waals surface area contributed by atoms with Crippen LogP contribution in [0.4, 0.5) is 0 Å². The third-order valence-corrected chi connectivity index (χ3v) is 3.06. The van der Waals surface area contributed by atoms with E-state index in [0.29, 0.717) is 10.2 Å². The van der Waals surface area contributed by atoms with Gasteiger partial charge in [-0.15, -0.1) is 0 Å². The minimum absolute atomic E-state index is 0.199. The zero-order valence-corrected chi connectivity index (χ0v) is 11.2. The first-order valence-electron chi connectivity index (χ1n) is 5.23. The molecule has 0 radical (unpaired) electrons. The summed E-state index contributed by atoms with van der Waals surface area (Å²) in [6.07, 6.45) is 1.34. The Morgan fingerprint density at radius 1 is 1.39 bits per heavy atom. The second-order valence-electron chi connectivity index (χ2n) is 3.68. The minimum Gasteiger partial charge on any atom is -0.497 e. The molecular weight excluding hydrogens is 300 g/mol. The molecule has 1 aromatic carbocycles. The van der Waals surface area contributed by atoms with Gasteiger partial charge < -0.3 is 9.72 Å². The van der Waals surface area contributed by atoms with Crippen molar-refractivity contribution in [3.8, 4) is 5.75 Å². The molecule has 18 heavy (non-hydrogen) atoms. The standard InChI is InChI=1S/C12H11BrN2O3/c1-18-9-4-2-3-8(5-9)7-15-11(16)10(13)6-14-12(15)17/h2-6H,7H2,1H3,(H,14,17). The van der Waals surface area contributed by atoms with Crippen LogP contribution in [0.3, 0.4) is 0 Å². The molecule has 0 aliphatic heterocycles. The van der Waals surface area contributed by atoms with Crippen LogP contribution in [0.25, 0.3) is 0 Å². The number of aromatic nitrogens is 2. The van der Waals surface area contributed by atoms with Crippen LogP contribution in [0.15, 0.2) is 44.5 Å². The van der Waals surface area contributed by atoms with Crippen molar-refractivity contribution < 1.29 is 4.74 Å². The number of nitrogens with zero attached hydrogens (tertiary/aromatic N) is 1. The van der Waals surface area contributed by atoms with Crippen molar-refractivity contribution >= 4 is 15.9 Å². The highest BCUT2D eigenvalue weighted by Gasteiger charge is 2.06. The summed E-state index contributed by atoms with van der Waals surface area (Å²) in [6, 6.07) is 7.23. The van der Waals surface area contributed by atoms with Gasteiger partial charge in [-0.3, -0.25) is 9.36 Å². The maximum atomic E-state index is 11.8. The van der Waals surface area contributed by atoms with Crippen LogP contribution in [0.5, 0.6) is 5.75 Å². The first kappa shape index (κ1) is 12.6. The maximum Gasteiger partial charge on any atom is 0.328 e. The number of nitrogens with one attached hydrogen (secondary N) is 1. The molecular formula is C12H11BrN2O3. The van der Waals surface area contributed by atoms with Gasteiger partial charge in [0, 0.05) is 6.20 Å². The Bertz CT molecular complexity index is 676. The molecule has 0 atom stereocenters. The fourth-order valence-corrected chi connectivity index (χ4v) is 1.91. The summed E-state index contributed by atoms with van der Waals surface area (Å²) in [5, 5.41) is 0. The molecule has 0 saturated carbocycles. The van der Waals surface area contributed by atoms with Gasteiger partial charge in [0.05, 0.1) is 18.1 Å². The zero-order valence-electron chi connectivity index (χ0n) is 9.64. The van der Waals surface area contributed by atoms with Crippen molar-refractivity contribution in [2.45, 2.75) is 6.54 Å². The van der Waals surface area contributed by atoms with E-state index in [1.165, 1.54) is 6.20 Å². The predicted molar refractivity (Wildman–Crippen MR) is 71.1 cm³/mol. The van der Waals surface area contributed by atoms with Crippen molar-refractivity contribution in [3.05, 3.63) is 61.3 Å². The molecule has 0 fully saturated rings. The lowest BCUT2D eigenvalue weighted by Gasteiger charge is -2.06. The third kappa shape index (κ3) is 2.53. The van der Waals surface area contributed by atoms with Crippen LogP contribution < -0.4 is 16.0 Å². The van der Waals surface area contributed by atoms with Crippen molar-refractivity contribution in [1.82, 2.24) is 9.55 Å². The summed E-state index contributed by atoms with van der Waals surface area (Å²) in [4.78, 5) is 25.9. The van der Waals surface area contributed by atoms with Gasteiger partial charge in [-0.25, -0.2) is 4.79 Å². The lowest BCUT2D eigenvalue weighted by atomic mass is 10.2. The van der Waals surface area contributed by atoms with Crippen LogP contribution >= 0.6 is 15.9 Å². The summed E-state index contributed by atoms with van der Waals surface area (Å²) in [5.74, 6) is 0.687. The van der Waals surface area contributed by atoms with Crippen LogP contribution in [-0.2, 0) is 6.54 Å². The molecule has 1 aromatic heterocycles. The fraction of sp³-hybridized carbons (Fsp3) is 0.167. The molecule has 0 amide bonds. The Hall–Kier alpha value is -1.82. The molecule has 0 spiro atoms. The first-order valence-corrected chi connectivity index (χ1v) is 6.02. The third-order valence-electron chi connectivity index (χ3n) is 2.49. The SMILES string of the molecule is COc1cccc(Cn2c(=O)[nH]cc(Br)c2=O)c1. The normalized spacial score (nSPS) is 10.3. The molecule has 0 bridgehead atoms. The second kappa shape index (κ2) is 5.22. The highest BCUT2D eigenvalue weighted by Crippen LogP contribution is 2.12. The molecule has 0 saturated heterocycles. The van der Waals surface area contributed by atoms with E-state index in [-0.39, 0.29) is 12.1 Å². The van der Waals surface area contributed by atoms with E-state index in [1.807, 2.05) is 12.1 Å². The van der Waals surface area contributed by atoms with Crippen molar-refractivity contribution in [2.24, 2.45) is 0 Å². The van der Waals surface area contributed by atoms with E-state index >= 15 is 0 Å². The minimum atomic E-state index is -0.439. The number of rotatable bonds is 3. The number of halogens is 1. The number of aromatic amines is 1. The summed E-state index contributed by atoms with van der Waals surface area (Å²) >= 11 is 3.09. The molecule has 0 unspecified atom stereocenters. The van der Waals surface area contributed by atoms with Crippen LogP contribution in [0.2, 0.25) is 0 Å². The van der Waals surface area contributed by atoms with Gasteiger partial charge in [-0.2, -0.15) is 0 Å². The predicted octanol–water partition coefficient (Wildman–Crippen LogP) is 1.36. The fourth-order valence-electron chi connectivity index (χ4n) is 1.58. The topological polar surface area (TPSA) is 64.1 Å². The Morgan fingerprint density at radius 3 is 2.89 bits per heavy atom. The highest BCUT2D eigenvalue weighted by molar-refractivity contribution is 9.10. The quantitative estimate of drug-likeness (QED) is 0.931. The van der Waals surface area contributed by atoms with Gasteiger partial charge in [0.15, 0.2) is 0 Å². The molecule has 2 rings (SSSR count). The molecule has 1 N–H and O–H groups in total. The largest absolute Gasteiger partial charge is 0.497 e. The maximum absolute atomic E-state index is 11.8. The summed E-state index contributed by atoms with van der Waals surface area (Å²) in [6.45, 7) is 0.199. The van der Waals surface area contributed by atoms with E-state index < -0.39 is 5.69 Å². The van der Waals surface area contributed by atoms with Crippen molar-refractivity contribution in [1.29, 1.82) is 0 Å². The summed E-state index contributed by atoms with van der Waals surface area (Å²) < 4.78 is 6.54. The highest BCUT2D eigenvalue weighted by atomic mass is 79.9. The number of H-pyrrole nitrogens is 1. The zero-order chi connectivity index (χ0) is 13.1. The monoisotopic (exact) mass is 310 g/mol. The lowest BCUT2D eigenvalue weighted by molar-refractivity contribution is 0.414. The van der Waals surface area contributed by atoms with Gasteiger partial charge in [-0.1, -0.05) is 12.1 Å². The van der Waals surface area contributed by atoms with Crippen molar-refractivity contribution in [2.75, 3.05) is 7.11 Å². The smallest absolute Gasteiger partial charge is 0.328 e. The molecule has 94 valence electrons. The summed E-state index contributed by atoms with van der Waals surface area (Å²) in [7, 11) is 1.57. The van der Waals surface area contributed by atoms with Crippen LogP contribution in [-0.4, -0.2) is 16.7 Å². The van der Waals surface area contributed by atoms with E-state index in [9.17, 15) is 9.59 Å². The van der Waals surface area contributed by atoms with E-state index in [4.69, 9.17) is 4.74 Å². The lowest BCUT2D eigenvalue weighted by Crippen LogP contribution is -2.35. The van der Waals surface area contributed by atoms with Gasteiger partial charge in [0.2, 0.25) is 0 Å². The summed E-state index contributed by atoms with van der Waals surface area (Å²) in [5.41, 5.74) is 0.0210. The number of hydrogen-bond donors (Lipinski definition) is 1. The molecule has 1 heterocycles. The van der Waals surface area contributed by atoms with Crippen LogP contribution in [0, 0.1) is 0 Å². The first-order chi connectivity index (χ1) is 8.61. The number of hydrogen-bond acceptors (Lipinski definition) is 3. The molecule has 0 aliphatic carbocycles. The molecule has 6 heteroatoms. The Labute approximate surface area is 111 Å². The molecule has 2 aromatic rings. The van der Waals surface area contributed by atoms with E-state index in [1.54, 1.807) is 19.2 Å². The Kier molecular flexibility index (Phi) is 3.66. The van der Waals surface area contributed by atoms with Crippen molar-refractivity contribution in [3.63, 3.8) is 0 Å². The van der Waals surface area contributed by atoms with Gasteiger partial charge >= 0.3 is 5.69 Å². The van der Waals surface area contributed by atoms with Gasteiger partial charge in [0.25, 0.3) is 5.56 Å². The number of benzene rings is 1. The number of methoxy groups -OCH3 is 1. The number of ether oxygens (including phenoxy) is 1. The van der Waals surface area contributed by atoms with Crippen LogP contribution in [0.1, 0.15) is 5.56 Å². The van der Waals surface area contributed by atoms with Gasteiger partial charge in [0.1, 0.15) is 5.75 Å². The van der Waals surface area contributed by atoms with E-state index in [0.717, 1.165) is 10.1 Å².